The molecule has 15 heavy (non-hydrogen) atoms. The third-order valence-electron chi connectivity index (χ3n) is 1.98. The largest absolute Gasteiger partial charge is 0.253 e. The topological polar surface area (TPSA) is 25.8 Å². The lowest BCUT2D eigenvalue weighted by Crippen LogP contribution is -1.94. The Labute approximate surface area is 85.6 Å². The van der Waals surface area contributed by atoms with Gasteiger partial charge in [0.25, 0.3) is 0 Å². The highest BCUT2D eigenvalue weighted by Gasteiger charge is 2.08. The van der Waals surface area contributed by atoms with Crippen molar-refractivity contribution in [3.8, 4) is 11.3 Å². The quantitative estimate of drug-likeness (QED) is 0.670. The smallest absolute Gasteiger partial charge is 0.224 e. The van der Waals surface area contributed by atoms with Gasteiger partial charge in [-0.2, -0.15) is 13.8 Å². The molecular weight excluding hydrogens is 198 g/mol. The van der Waals surface area contributed by atoms with Crippen molar-refractivity contribution in [2.45, 2.75) is 6.92 Å². The van der Waals surface area contributed by atoms with E-state index in [1.807, 2.05) is 0 Å². The van der Waals surface area contributed by atoms with Gasteiger partial charge in [0.1, 0.15) is 0 Å². The van der Waals surface area contributed by atoms with Crippen LogP contribution in [0.4, 0.5) is 8.78 Å². The molecule has 0 atom stereocenters. The second-order valence-electron chi connectivity index (χ2n) is 3.14. The van der Waals surface area contributed by atoms with Crippen molar-refractivity contribution < 1.29 is 8.78 Å². The second-order valence-corrected chi connectivity index (χ2v) is 3.14. The maximum absolute atomic E-state index is 13.3. The lowest BCUT2D eigenvalue weighted by atomic mass is 10.2. The van der Waals surface area contributed by atoms with E-state index in [2.05, 4.69) is 9.97 Å². The molecule has 2 rings (SSSR count). The molecule has 76 valence electrons. The maximum atomic E-state index is 13.3. The van der Waals surface area contributed by atoms with Crippen LogP contribution in [0.25, 0.3) is 11.3 Å². The van der Waals surface area contributed by atoms with Gasteiger partial charge in [-0.15, -0.1) is 0 Å². The molecule has 2 nitrogen and oxygen atoms in total. The molecule has 0 aliphatic rings. The molecule has 0 bridgehead atoms. The Morgan fingerprint density at radius 1 is 1.00 bits per heavy atom. The average Bonchev–Trinajstić information content (AvgIpc) is 2.17. The molecule has 0 spiro atoms. The van der Waals surface area contributed by atoms with E-state index in [4.69, 9.17) is 0 Å². The Balaban J connectivity index is 2.54. The summed E-state index contributed by atoms with van der Waals surface area (Å²) in [6.07, 6.45) is 0. The molecule has 0 aliphatic carbocycles. The summed E-state index contributed by atoms with van der Waals surface area (Å²) in [5, 5.41) is 0. The van der Waals surface area contributed by atoms with Crippen LogP contribution in [-0.2, 0) is 0 Å². The first kappa shape index (κ1) is 9.71. The van der Waals surface area contributed by atoms with Crippen LogP contribution in [0, 0.1) is 18.8 Å². The van der Waals surface area contributed by atoms with Gasteiger partial charge in [0, 0.05) is 5.69 Å². The van der Waals surface area contributed by atoms with Crippen LogP contribution in [0.2, 0.25) is 0 Å². The highest BCUT2D eigenvalue weighted by Crippen LogP contribution is 2.19. The number of hydrogen-bond acceptors (Lipinski definition) is 2. The summed E-state index contributed by atoms with van der Waals surface area (Å²) in [6.45, 7) is 1.80. The van der Waals surface area contributed by atoms with E-state index in [0.717, 1.165) is 11.8 Å². The van der Waals surface area contributed by atoms with Crippen molar-refractivity contribution >= 4 is 0 Å². The SMILES string of the molecule is Cc1cccc(-c2ccc(F)nc2F)n1. The van der Waals surface area contributed by atoms with Crippen LogP contribution >= 0.6 is 0 Å². The van der Waals surface area contributed by atoms with Gasteiger partial charge in [-0.25, -0.2) is 0 Å². The summed E-state index contributed by atoms with van der Waals surface area (Å²) in [5.41, 5.74) is 1.44. The highest BCUT2D eigenvalue weighted by atomic mass is 19.1. The van der Waals surface area contributed by atoms with E-state index in [1.54, 1.807) is 25.1 Å². The third kappa shape index (κ3) is 1.98. The number of aryl methyl sites for hydroxylation is 1. The molecule has 0 aromatic carbocycles. The van der Waals surface area contributed by atoms with Crippen molar-refractivity contribution in [3.05, 3.63) is 47.9 Å². The molecule has 2 heterocycles. The normalized spacial score (nSPS) is 10.3. The van der Waals surface area contributed by atoms with Gasteiger partial charge in [0.2, 0.25) is 11.9 Å². The van der Waals surface area contributed by atoms with Gasteiger partial charge >= 0.3 is 0 Å². The van der Waals surface area contributed by atoms with Gasteiger partial charge in [0.15, 0.2) is 0 Å². The lowest BCUT2D eigenvalue weighted by Gasteiger charge is -2.02. The zero-order valence-electron chi connectivity index (χ0n) is 8.04. The standard InChI is InChI=1S/C11H8F2N2/c1-7-3-2-4-9(14-7)8-5-6-10(12)15-11(8)13/h2-6H,1H3. The molecule has 0 unspecified atom stereocenters. The number of nitrogens with zero attached hydrogens (tertiary/aromatic N) is 2. The summed E-state index contributed by atoms with van der Waals surface area (Å²) >= 11 is 0. The first-order chi connectivity index (χ1) is 7.16. The Morgan fingerprint density at radius 3 is 2.47 bits per heavy atom. The predicted octanol–water partition coefficient (Wildman–Crippen LogP) is 2.73. The molecule has 2 aromatic heterocycles. The van der Waals surface area contributed by atoms with Crippen LogP contribution < -0.4 is 0 Å². The van der Waals surface area contributed by atoms with Gasteiger partial charge in [-0.1, -0.05) is 6.07 Å². The van der Waals surface area contributed by atoms with Gasteiger partial charge < -0.3 is 0 Å². The van der Waals surface area contributed by atoms with E-state index in [0.29, 0.717) is 5.69 Å². The van der Waals surface area contributed by atoms with Crippen molar-refractivity contribution in [2.24, 2.45) is 0 Å². The van der Waals surface area contributed by atoms with Crippen LogP contribution in [-0.4, -0.2) is 9.97 Å². The van der Waals surface area contributed by atoms with Crippen molar-refractivity contribution in [2.75, 3.05) is 0 Å². The highest BCUT2D eigenvalue weighted by molar-refractivity contribution is 5.58. The molecule has 2 aromatic rings. The van der Waals surface area contributed by atoms with E-state index in [9.17, 15) is 8.78 Å². The van der Waals surface area contributed by atoms with Gasteiger partial charge in [-0.05, 0) is 31.2 Å². The molecule has 0 saturated carbocycles. The Hall–Kier alpha value is -1.84. The fraction of sp³-hybridized carbons (Fsp3) is 0.0909. The summed E-state index contributed by atoms with van der Waals surface area (Å²) in [5.74, 6) is -1.67. The number of aromatic nitrogens is 2. The van der Waals surface area contributed by atoms with E-state index < -0.39 is 11.9 Å². The third-order valence-corrected chi connectivity index (χ3v) is 1.98. The van der Waals surface area contributed by atoms with Crippen LogP contribution in [0.5, 0.6) is 0 Å². The average molecular weight is 206 g/mol. The molecule has 0 saturated heterocycles. The minimum Gasteiger partial charge on any atom is -0.253 e. The molecule has 0 amide bonds. The summed E-state index contributed by atoms with van der Waals surface area (Å²) in [7, 11) is 0. The number of pyridine rings is 2. The Bertz CT molecular complexity index is 498. The fourth-order valence-corrected chi connectivity index (χ4v) is 1.30. The zero-order chi connectivity index (χ0) is 10.8. The van der Waals surface area contributed by atoms with Crippen LogP contribution in [0.3, 0.4) is 0 Å². The predicted molar refractivity (Wildman–Crippen MR) is 52.1 cm³/mol. The number of hydrogen-bond donors (Lipinski definition) is 0. The van der Waals surface area contributed by atoms with Gasteiger partial charge in [0.05, 0.1) is 11.3 Å². The Kier molecular flexibility index (Phi) is 2.41. The monoisotopic (exact) mass is 206 g/mol. The molecular formula is C11H8F2N2. The van der Waals surface area contributed by atoms with E-state index >= 15 is 0 Å². The summed E-state index contributed by atoms with van der Waals surface area (Å²) in [4.78, 5) is 7.24. The van der Waals surface area contributed by atoms with Crippen LogP contribution in [0.1, 0.15) is 5.69 Å². The number of halogens is 2. The van der Waals surface area contributed by atoms with Gasteiger partial charge in [-0.3, -0.25) is 4.98 Å². The Morgan fingerprint density at radius 2 is 1.80 bits per heavy atom. The number of rotatable bonds is 1. The summed E-state index contributed by atoms with van der Waals surface area (Å²) in [6, 6.07) is 7.67. The molecule has 4 heteroatoms. The van der Waals surface area contributed by atoms with E-state index in [1.165, 1.54) is 6.07 Å². The first-order valence-electron chi connectivity index (χ1n) is 4.43. The molecule has 0 radical (unpaired) electrons. The molecule has 0 N–H and O–H groups in total. The van der Waals surface area contributed by atoms with Crippen molar-refractivity contribution in [1.82, 2.24) is 9.97 Å². The first-order valence-corrected chi connectivity index (χ1v) is 4.43. The molecule has 0 aliphatic heterocycles. The van der Waals surface area contributed by atoms with Crippen LogP contribution in [0.15, 0.2) is 30.3 Å². The second kappa shape index (κ2) is 3.73. The lowest BCUT2D eigenvalue weighted by molar-refractivity contribution is 0.515. The van der Waals surface area contributed by atoms with Crippen molar-refractivity contribution in [3.63, 3.8) is 0 Å². The van der Waals surface area contributed by atoms with E-state index in [-0.39, 0.29) is 5.56 Å². The summed E-state index contributed by atoms with van der Waals surface area (Å²) < 4.78 is 25.8. The van der Waals surface area contributed by atoms with Crippen molar-refractivity contribution in [1.29, 1.82) is 0 Å². The maximum Gasteiger partial charge on any atom is 0.224 e. The molecule has 0 fully saturated rings. The minimum atomic E-state index is -0.840. The zero-order valence-corrected chi connectivity index (χ0v) is 8.04. The minimum absolute atomic E-state index is 0.208. The fourth-order valence-electron chi connectivity index (χ4n) is 1.30.